The number of rotatable bonds is 13. The number of allylic oxidation sites excluding steroid dienone is 2. The number of benzene rings is 3. The number of methoxy groups -OCH3 is 1. The molecule has 5 heteroatoms. The molecule has 0 bridgehead atoms. The monoisotopic (exact) mass is 512 g/mol. The molecule has 0 radical (unpaired) electrons. The van der Waals surface area contributed by atoms with Crippen molar-refractivity contribution in [3.63, 3.8) is 0 Å². The minimum atomic E-state index is 0.288. The Morgan fingerprint density at radius 3 is 2.34 bits per heavy atom. The predicted molar refractivity (Wildman–Crippen MR) is 155 cm³/mol. The third kappa shape index (κ3) is 6.78. The van der Waals surface area contributed by atoms with Crippen LogP contribution in [0.2, 0.25) is 0 Å². The Morgan fingerprint density at radius 2 is 1.61 bits per heavy atom. The van der Waals surface area contributed by atoms with Gasteiger partial charge in [-0.25, -0.2) is 0 Å². The number of unbranched alkanes of at least 4 members (excludes halogenated alkanes) is 1. The van der Waals surface area contributed by atoms with Gasteiger partial charge >= 0.3 is 0 Å². The summed E-state index contributed by atoms with van der Waals surface area (Å²) in [4.78, 5) is 4.97. The highest BCUT2D eigenvalue weighted by molar-refractivity contribution is 5.70. The van der Waals surface area contributed by atoms with Crippen molar-refractivity contribution in [2.45, 2.75) is 46.7 Å². The lowest BCUT2D eigenvalue weighted by Gasteiger charge is -2.34. The van der Waals surface area contributed by atoms with Crippen LogP contribution < -0.4 is 14.2 Å². The van der Waals surface area contributed by atoms with Crippen molar-refractivity contribution in [2.24, 2.45) is 0 Å². The fourth-order valence-electron chi connectivity index (χ4n) is 4.92. The second kappa shape index (κ2) is 13.7. The van der Waals surface area contributed by atoms with E-state index in [2.05, 4.69) is 97.3 Å². The first kappa shape index (κ1) is 27.3. The first-order valence-corrected chi connectivity index (χ1v) is 13.5. The van der Waals surface area contributed by atoms with Crippen molar-refractivity contribution in [3.8, 4) is 17.2 Å². The largest absolute Gasteiger partial charge is 0.496 e. The van der Waals surface area contributed by atoms with E-state index in [1.54, 1.807) is 7.11 Å². The topological polar surface area (TPSA) is 34.2 Å². The van der Waals surface area contributed by atoms with Crippen LogP contribution >= 0.6 is 0 Å². The molecule has 0 amide bonds. The minimum Gasteiger partial charge on any atom is -0.496 e. The summed E-state index contributed by atoms with van der Waals surface area (Å²) >= 11 is 0. The average Bonchev–Trinajstić information content (AvgIpc) is 3.43. The summed E-state index contributed by atoms with van der Waals surface area (Å²) < 4.78 is 16.9. The third-order valence-electron chi connectivity index (χ3n) is 6.84. The second-order valence-corrected chi connectivity index (χ2v) is 9.48. The number of nitrogens with zero attached hydrogens (tertiary/aromatic N) is 2. The van der Waals surface area contributed by atoms with E-state index in [0.29, 0.717) is 0 Å². The lowest BCUT2D eigenvalue weighted by molar-refractivity contribution is 0.174. The molecule has 0 saturated heterocycles. The van der Waals surface area contributed by atoms with Crippen molar-refractivity contribution in [1.82, 2.24) is 9.80 Å². The van der Waals surface area contributed by atoms with Crippen LogP contribution in [-0.2, 0) is 13.1 Å². The van der Waals surface area contributed by atoms with Gasteiger partial charge in [-0.2, -0.15) is 0 Å². The molecule has 0 unspecified atom stereocenters. The maximum Gasteiger partial charge on any atom is 0.231 e. The Bertz CT molecular complexity index is 1240. The molecule has 0 aliphatic carbocycles. The van der Waals surface area contributed by atoms with Crippen LogP contribution in [0.3, 0.4) is 0 Å². The molecule has 3 aromatic rings. The first-order valence-electron chi connectivity index (χ1n) is 13.5. The molecule has 0 atom stereocenters. The maximum atomic E-state index is 5.75. The first-order chi connectivity index (χ1) is 18.7. The summed E-state index contributed by atoms with van der Waals surface area (Å²) in [6.45, 7) is 10.2. The Morgan fingerprint density at radius 1 is 0.868 bits per heavy atom. The summed E-state index contributed by atoms with van der Waals surface area (Å²) in [5.74, 6) is 2.53. The van der Waals surface area contributed by atoms with Crippen molar-refractivity contribution < 1.29 is 14.2 Å². The van der Waals surface area contributed by atoms with E-state index in [1.165, 1.54) is 22.5 Å². The van der Waals surface area contributed by atoms with E-state index in [0.717, 1.165) is 61.8 Å². The van der Waals surface area contributed by atoms with Gasteiger partial charge in [0.2, 0.25) is 6.79 Å². The standard InChI is InChI=1S/C33H40N2O3/c1-5-8-20-35(30(7-3)29-16-12-13-17-31(29)36-4)28(6-2)24-34(22-26-14-10-9-11-15-26)23-27-18-19-32-33(21-27)38-25-37-32/h6-7,9-19,21H,5,8,20,22-25H2,1-4H3/b28-6-,30-7+. The van der Waals surface area contributed by atoms with Gasteiger partial charge in [-0.1, -0.05) is 74.0 Å². The number of para-hydroxylation sites is 1. The van der Waals surface area contributed by atoms with Crippen LogP contribution in [0, 0.1) is 0 Å². The fourth-order valence-corrected chi connectivity index (χ4v) is 4.92. The summed E-state index contributed by atoms with van der Waals surface area (Å²) in [6.07, 6.45) is 6.69. The maximum absolute atomic E-state index is 5.75. The normalized spacial score (nSPS) is 13.2. The smallest absolute Gasteiger partial charge is 0.231 e. The van der Waals surface area contributed by atoms with Gasteiger partial charge in [0.05, 0.1) is 7.11 Å². The zero-order valence-corrected chi connectivity index (χ0v) is 23.2. The van der Waals surface area contributed by atoms with Crippen LogP contribution in [0.25, 0.3) is 5.70 Å². The van der Waals surface area contributed by atoms with E-state index in [4.69, 9.17) is 14.2 Å². The van der Waals surface area contributed by atoms with E-state index in [-0.39, 0.29) is 6.79 Å². The minimum absolute atomic E-state index is 0.288. The molecular formula is C33H40N2O3. The van der Waals surface area contributed by atoms with Crippen LogP contribution in [-0.4, -0.2) is 36.8 Å². The molecule has 0 fully saturated rings. The lowest BCUT2D eigenvalue weighted by Crippen LogP contribution is -2.33. The number of hydrogen-bond donors (Lipinski definition) is 0. The quantitative estimate of drug-likeness (QED) is 0.237. The van der Waals surface area contributed by atoms with Gasteiger partial charge in [-0.15, -0.1) is 0 Å². The molecule has 0 spiro atoms. The zero-order valence-electron chi connectivity index (χ0n) is 23.2. The highest BCUT2D eigenvalue weighted by Crippen LogP contribution is 2.34. The van der Waals surface area contributed by atoms with Gasteiger partial charge in [0.25, 0.3) is 0 Å². The van der Waals surface area contributed by atoms with Gasteiger partial charge < -0.3 is 19.1 Å². The van der Waals surface area contributed by atoms with E-state index in [9.17, 15) is 0 Å². The molecule has 38 heavy (non-hydrogen) atoms. The summed E-state index contributed by atoms with van der Waals surface area (Å²) in [5, 5.41) is 0. The van der Waals surface area contributed by atoms with Gasteiger partial charge in [0, 0.05) is 43.1 Å². The summed E-state index contributed by atoms with van der Waals surface area (Å²) in [7, 11) is 1.74. The molecule has 1 aliphatic rings. The highest BCUT2D eigenvalue weighted by Gasteiger charge is 2.21. The van der Waals surface area contributed by atoms with Crippen molar-refractivity contribution >= 4 is 5.70 Å². The molecule has 1 aliphatic heterocycles. The predicted octanol–water partition coefficient (Wildman–Crippen LogP) is 7.49. The third-order valence-corrected chi connectivity index (χ3v) is 6.84. The van der Waals surface area contributed by atoms with E-state index < -0.39 is 0 Å². The molecule has 5 nitrogen and oxygen atoms in total. The van der Waals surface area contributed by atoms with Crippen LogP contribution in [0.4, 0.5) is 0 Å². The van der Waals surface area contributed by atoms with Crippen LogP contribution in [0.5, 0.6) is 17.2 Å². The number of fused-ring (bicyclic) bond motifs is 1. The molecule has 3 aromatic carbocycles. The molecular weight excluding hydrogens is 472 g/mol. The van der Waals surface area contributed by atoms with Gasteiger partial charge in [0.15, 0.2) is 11.5 Å². The van der Waals surface area contributed by atoms with Crippen LogP contribution in [0.1, 0.15) is 50.3 Å². The Labute approximate surface area is 227 Å². The molecule has 0 aromatic heterocycles. The molecule has 200 valence electrons. The second-order valence-electron chi connectivity index (χ2n) is 9.48. The highest BCUT2D eigenvalue weighted by atomic mass is 16.7. The number of hydrogen-bond acceptors (Lipinski definition) is 5. The molecule has 0 saturated carbocycles. The Balaban J connectivity index is 1.64. The Hall–Kier alpha value is -3.70. The van der Waals surface area contributed by atoms with Crippen molar-refractivity contribution in [3.05, 3.63) is 107 Å². The molecule has 4 rings (SSSR count). The SMILES string of the molecule is C/C=C(/CN(Cc1ccccc1)Cc1ccc2c(c1)OCO2)N(CCCC)/C(=C/C)c1ccccc1OC. The molecule has 0 N–H and O–H groups in total. The van der Waals surface area contributed by atoms with Crippen molar-refractivity contribution in [2.75, 3.05) is 27.0 Å². The number of ether oxygens (including phenoxy) is 3. The fraction of sp³-hybridized carbons (Fsp3) is 0.333. The van der Waals surface area contributed by atoms with E-state index >= 15 is 0 Å². The average molecular weight is 513 g/mol. The van der Waals surface area contributed by atoms with Gasteiger partial charge in [-0.3, -0.25) is 4.90 Å². The van der Waals surface area contributed by atoms with Gasteiger partial charge in [-0.05, 0) is 55.7 Å². The van der Waals surface area contributed by atoms with E-state index in [1.807, 2.05) is 18.2 Å². The molecule has 1 heterocycles. The zero-order chi connectivity index (χ0) is 26.7. The summed E-state index contributed by atoms with van der Waals surface area (Å²) in [6, 6.07) is 25.2. The van der Waals surface area contributed by atoms with Gasteiger partial charge in [0.1, 0.15) is 5.75 Å². The summed E-state index contributed by atoms with van der Waals surface area (Å²) in [5.41, 5.74) is 6.05. The van der Waals surface area contributed by atoms with Crippen molar-refractivity contribution in [1.29, 1.82) is 0 Å². The lowest BCUT2D eigenvalue weighted by atomic mass is 10.1. The Kier molecular flexibility index (Phi) is 9.88. The van der Waals surface area contributed by atoms with Crippen LogP contribution in [0.15, 0.2) is 90.6 Å².